The van der Waals surface area contributed by atoms with Gasteiger partial charge in [0.1, 0.15) is 11.2 Å². The molecule has 2 aromatic heterocycles. The van der Waals surface area contributed by atoms with Crippen molar-refractivity contribution in [1.82, 2.24) is 4.57 Å². The number of para-hydroxylation sites is 5. The summed E-state index contributed by atoms with van der Waals surface area (Å²) < 4.78 is 8.84. The summed E-state index contributed by atoms with van der Waals surface area (Å²) in [6.07, 6.45) is 0. The van der Waals surface area contributed by atoms with E-state index < -0.39 is 0 Å². The number of benzene rings is 9. The Bertz CT molecular complexity index is 3240. The van der Waals surface area contributed by atoms with Crippen LogP contribution in [0.4, 0.5) is 28.4 Å². The van der Waals surface area contributed by atoms with Gasteiger partial charge in [-0.3, -0.25) is 0 Å². The van der Waals surface area contributed by atoms with Gasteiger partial charge in [0.05, 0.1) is 11.0 Å². The number of nitrogens with one attached hydrogen (secondary N) is 1. The van der Waals surface area contributed by atoms with Gasteiger partial charge in [0.25, 0.3) is 0 Å². The molecule has 274 valence electrons. The van der Waals surface area contributed by atoms with Crippen LogP contribution in [0.5, 0.6) is 0 Å². The quantitative estimate of drug-likeness (QED) is 0.168. The smallest absolute Gasteiger partial charge is 0.143 e. The van der Waals surface area contributed by atoms with E-state index in [0.29, 0.717) is 0 Å². The van der Waals surface area contributed by atoms with Crippen LogP contribution in [0.2, 0.25) is 0 Å². The third-order valence-corrected chi connectivity index (χ3v) is 11.2. The van der Waals surface area contributed by atoms with Crippen LogP contribution in [0.1, 0.15) is 0 Å². The number of hydrogen-bond acceptors (Lipinski definition) is 3. The van der Waals surface area contributed by atoms with Gasteiger partial charge in [0, 0.05) is 66.8 Å². The van der Waals surface area contributed by atoms with Crippen LogP contribution in [0.25, 0.3) is 71.7 Å². The first kappa shape index (κ1) is 33.5. The maximum Gasteiger partial charge on any atom is 0.143 e. The number of fused-ring (bicyclic) bond motifs is 6. The maximum absolute atomic E-state index is 6.46. The van der Waals surface area contributed by atoms with E-state index in [1.807, 2.05) is 18.2 Å². The second-order valence-corrected chi connectivity index (χ2v) is 14.6. The van der Waals surface area contributed by atoms with E-state index in [1.165, 1.54) is 16.3 Å². The topological polar surface area (TPSA) is 33.3 Å². The van der Waals surface area contributed by atoms with Crippen LogP contribution in [-0.2, 0) is 0 Å². The van der Waals surface area contributed by atoms with E-state index in [1.54, 1.807) is 0 Å². The zero-order chi connectivity index (χ0) is 38.4. The van der Waals surface area contributed by atoms with Crippen molar-refractivity contribution in [1.29, 1.82) is 0 Å². The molecule has 0 saturated heterocycles. The van der Waals surface area contributed by atoms with E-state index in [-0.39, 0.29) is 0 Å². The van der Waals surface area contributed by atoms with Crippen molar-refractivity contribution in [2.45, 2.75) is 0 Å². The molecule has 0 spiro atoms. The molecule has 9 aromatic carbocycles. The summed E-state index contributed by atoms with van der Waals surface area (Å²) in [5.41, 5.74) is 14.9. The van der Waals surface area contributed by atoms with Gasteiger partial charge in [0.15, 0.2) is 0 Å². The highest BCUT2D eigenvalue weighted by atomic mass is 16.3. The van der Waals surface area contributed by atoms with Crippen molar-refractivity contribution in [3.8, 4) is 27.9 Å². The lowest BCUT2D eigenvalue weighted by Gasteiger charge is -2.27. The monoisotopic (exact) mass is 743 g/mol. The molecular formula is C54H37N3O. The van der Waals surface area contributed by atoms with Gasteiger partial charge in [0.2, 0.25) is 0 Å². The normalized spacial score (nSPS) is 11.4. The second kappa shape index (κ2) is 14.0. The highest BCUT2D eigenvalue weighted by Crippen LogP contribution is 2.44. The molecular weight excluding hydrogens is 707 g/mol. The average Bonchev–Trinajstić information content (AvgIpc) is 3.84. The van der Waals surface area contributed by atoms with Gasteiger partial charge < -0.3 is 19.2 Å². The zero-order valence-electron chi connectivity index (χ0n) is 31.6. The molecule has 0 atom stereocenters. The van der Waals surface area contributed by atoms with E-state index >= 15 is 0 Å². The van der Waals surface area contributed by atoms with Crippen molar-refractivity contribution in [2.75, 3.05) is 10.2 Å². The summed E-state index contributed by atoms with van der Waals surface area (Å²) in [4.78, 5) is 2.36. The highest BCUT2D eigenvalue weighted by Gasteiger charge is 2.20. The molecule has 0 saturated carbocycles. The van der Waals surface area contributed by atoms with Crippen LogP contribution >= 0.6 is 0 Å². The SMILES string of the molecule is c1ccc(Nc2cc(N(c3ccc(-c4cccc5c4oc4ccccc45)cc3)c3ccc4c5ccccc5n(-c5ccccc5)c4c3)ccc2-c2ccccc2)cc1. The fourth-order valence-electron chi connectivity index (χ4n) is 8.49. The Hall–Kier alpha value is -7.82. The first-order valence-corrected chi connectivity index (χ1v) is 19.7. The fraction of sp³-hybridized carbons (Fsp3) is 0. The lowest BCUT2D eigenvalue weighted by molar-refractivity contribution is 0.670. The fourth-order valence-corrected chi connectivity index (χ4v) is 8.49. The second-order valence-electron chi connectivity index (χ2n) is 14.6. The Balaban J connectivity index is 1.11. The van der Waals surface area contributed by atoms with Crippen LogP contribution in [-0.4, -0.2) is 4.57 Å². The summed E-state index contributed by atoms with van der Waals surface area (Å²) in [5.74, 6) is 0. The van der Waals surface area contributed by atoms with Gasteiger partial charge in [-0.15, -0.1) is 0 Å². The van der Waals surface area contributed by atoms with Crippen LogP contribution in [0.15, 0.2) is 223 Å². The number of aromatic nitrogens is 1. The molecule has 11 aromatic rings. The minimum absolute atomic E-state index is 0.898. The number of rotatable bonds is 8. The Morgan fingerprint density at radius 1 is 0.397 bits per heavy atom. The average molecular weight is 744 g/mol. The van der Waals surface area contributed by atoms with Crippen LogP contribution in [0.3, 0.4) is 0 Å². The van der Waals surface area contributed by atoms with Gasteiger partial charge in [-0.25, -0.2) is 0 Å². The van der Waals surface area contributed by atoms with Gasteiger partial charge in [-0.1, -0.05) is 146 Å². The van der Waals surface area contributed by atoms with Crippen molar-refractivity contribution >= 4 is 72.2 Å². The van der Waals surface area contributed by atoms with E-state index in [9.17, 15) is 0 Å². The van der Waals surface area contributed by atoms with Gasteiger partial charge >= 0.3 is 0 Å². The Morgan fingerprint density at radius 2 is 1.00 bits per heavy atom. The number of furan rings is 1. The lowest BCUT2D eigenvalue weighted by atomic mass is 10.0. The Kier molecular flexibility index (Phi) is 8.11. The minimum Gasteiger partial charge on any atom is -0.455 e. The van der Waals surface area contributed by atoms with Gasteiger partial charge in [-0.2, -0.15) is 0 Å². The first-order chi connectivity index (χ1) is 28.8. The van der Waals surface area contributed by atoms with E-state index in [2.05, 4.69) is 215 Å². The maximum atomic E-state index is 6.46. The molecule has 0 unspecified atom stereocenters. The minimum atomic E-state index is 0.898. The number of nitrogens with zero attached hydrogens (tertiary/aromatic N) is 2. The molecule has 1 N–H and O–H groups in total. The van der Waals surface area contributed by atoms with Crippen LogP contribution in [0, 0.1) is 0 Å². The Morgan fingerprint density at radius 3 is 1.81 bits per heavy atom. The third kappa shape index (κ3) is 5.78. The van der Waals surface area contributed by atoms with E-state index in [4.69, 9.17) is 4.42 Å². The molecule has 0 aliphatic rings. The third-order valence-electron chi connectivity index (χ3n) is 11.2. The molecule has 58 heavy (non-hydrogen) atoms. The number of anilines is 5. The van der Waals surface area contributed by atoms with Gasteiger partial charge in [-0.05, 0) is 83.9 Å². The molecule has 4 nitrogen and oxygen atoms in total. The highest BCUT2D eigenvalue weighted by molar-refractivity contribution is 6.11. The first-order valence-electron chi connectivity index (χ1n) is 19.7. The molecule has 0 radical (unpaired) electrons. The number of hydrogen-bond donors (Lipinski definition) is 1. The summed E-state index contributed by atoms with van der Waals surface area (Å²) in [6, 6.07) is 77.5. The van der Waals surface area contributed by atoms with E-state index in [0.717, 1.165) is 83.8 Å². The summed E-state index contributed by atoms with van der Waals surface area (Å²) in [5, 5.41) is 8.45. The predicted molar refractivity (Wildman–Crippen MR) is 243 cm³/mol. The summed E-state index contributed by atoms with van der Waals surface area (Å²) >= 11 is 0. The molecule has 0 fully saturated rings. The van der Waals surface area contributed by atoms with Crippen LogP contribution < -0.4 is 10.2 Å². The molecule has 4 heteroatoms. The van der Waals surface area contributed by atoms with Crippen molar-refractivity contribution in [2.24, 2.45) is 0 Å². The largest absolute Gasteiger partial charge is 0.455 e. The molecule has 11 rings (SSSR count). The molecule has 0 aliphatic heterocycles. The van der Waals surface area contributed by atoms with Crippen molar-refractivity contribution in [3.63, 3.8) is 0 Å². The summed E-state index contributed by atoms with van der Waals surface area (Å²) in [7, 11) is 0. The molecule has 0 aliphatic carbocycles. The predicted octanol–water partition coefficient (Wildman–Crippen LogP) is 15.2. The van der Waals surface area contributed by atoms with Crippen molar-refractivity contribution in [3.05, 3.63) is 218 Å². The summed E-state index contributed by atoms with van der Waals surface area (Å²) in [6.45, 7) is 0. The molecule has 0 bridgehead atoms. The Labute approximate surface area is 336 Å². The molecule has 2 heterocycles. The lowest BCUT2D eigenvalue weighted by Crippen LogP contribution is -2.11. The standard InChI is InChI=1S/C54H37N3O/c1-4-15-37(16-5-1)44-33-31-42(35-50(44)55-39-17-6-2-7-18-39)56(41-29-27-38(28-30-41)45-23-14-24-49-48-22-11-13-26-53(48)58-54(45)49)43-32-34-47-46-21-10-12-25-51(46)57(52(47)36-43)40-19-8-3-9-20-40/h1-36,55H. The molecule has 0 amide bonds. The van der Waals surface area contributed by atoms with Crippen molar-refractivity contribution < 1.29 is 4.42 Å². The zero-order valence-corrected chi connectivity index (χ0v) is 31.6.